The molecular formula is C20H13BrClF3N2O2S. The molecule has 30 heavy (non-hydrogen) atoms. The molecule has 156 valence electrons. The van der Waals surface area contributed by atoms with Crippen molar-refractivity contribution in [3.05, 3.63) is 81.0 Å². The third-order valence-corrected chi connectivity index (χ3v) is 5.80. The van der Waals surface area contributed by atoms with Gasteiger partial charge in [0.05, 0.1) is 22.7 Å². The summed E-state index contributed by atoms with van der Waals surface area (Å²) in [7, 11) is 0. The summed E-state index contributed by atoms with van der Waals surface area (Å²) in [5.74, 6) is -0.162. The largest absolute Gasteiger partial charge is 0.447 e. The van der Waals surface area contributed by atoms with Gasteiger partial charge in [0, 0.05) is 16.0 Å². The molecule has 0 atom stereocenters. The Kier molecular flexibility index (Phi) is 7.27. The molecule has 1 amide bonds. The number of hydrogen-bond acceptors (Lipinski definition) is 4. The maximum atomic E-state index is 12.7. The van der Waals surface area contributed by atoms with E-state index in [0.29, 0.717) is 20.3 Å². The van der Waals surface area contributed by atoms with E-state index in [0.717, 1.165) is 17.0 Å². The van der Waals surface area contributed by atoms with Gasteiger partial charge in [-0.15, -0.1) is 0 Å². The fraction of sp³-hybridized carbons (Fsp3) is 0.100. The van der Waals surface area contributed by atoms with Crippen LogP contribution in [0.15, 0.2) is 78.6 Å². The lowest BCUT2D eigenvalue weighted by Crippen LogP contribution is -2.20. The van der Waals surface area contributed by atoms with E-state index in [1.54, 1.807) is 18.2 Å². The second-order valence-corrected chi connectivity index (χ2v) is 8.35. The van der Waals surface area contributed by atoms with Gasteiger partial charge in [0.1, 0.15) is 5.76 Å². The Labute approximate surface area is 187 Å². The summed E-state index contributed by atoms with van der Waals surface area (Å²) >= 11 is 10.6. The number of rotatable bonds is 6. The van der Waals surface area contributed by atoms with Gasteiger partial charge in [0.2, 0.25) is 5.91 Å². The minimum atomic E-state index is -4.46. The molecule has 1 heterocycles. The fourth-order valence-electron chi connectivity index (χ4n) is 2.36. The number of nitrogens with one attached hydrogen (secondary N) is 1. The Hall–Kier alpha value is -2.23. The van der Waals surface area contributed by atoms with Crippen LogP contribution < -0.4 is 5.43 Å². The molecule has 0 unspecified atom stereocenters. The fourth-order valence-corrected chi connectivity index (χ4v) is 3.82. The number of furan rings is 1. The number of carbonyl (C=O) groups excluding carboxylic acids is 1. The third-order valence-electron chi connectivity index (χ3n) is 3.70. The summed E-state index contributed by atoms with van der Waals surface area (Å²) in [5, 5.41) is 5.02. The number of carbonyl (C=O) groups is 1. The second kappa shape index (κ2) is 9.72. The number of benzene rings is 2. The average molecular weight is 518 g/mol. The zero-order valence-electron chi connectivity index (χ0n) is 15.0. The molecule has 2 aromatic carbocycles. The number of alkyl halides is 3. The van der Waals surface area contributed by atoms with E-state index in [-0.39, 0.29) is 12.0 Å². The molecular weight excluding hydrogens is 505 g/mol. The number of halogens is 5. The van der Waals surface area contributed by atoms with Crippen molar-refractivity contribution in [2.45, 2.75) is 22.6 Å². The first-order valence-corrected chi connectivity index (χ1v) is 10.4. The Morgan fingerprint density at radius 1 is 1.20 bits per heavy atom. The van der Waals surface area contributed by atoms with Crippen molar-refractivity contribution in [2.75, 3.05) is 0 Å². The standard InChI is InChI=1S/C20H13BrClF3N2O2S/c21-17-10-15(29-19(17)30-16-6-4-14(22)5-7-16)11-26-27-18(28)9-12-2-1-3-13(8-12)20(23,24)25/h1-8,10-11H,9H2,(H,27,28). The minimum absolute atomic E-state index is 0.235. The van der Waals surface area contributed by atoms with Crippen LogP contribution in [0, 0.1) is 0 Å². The molecule has 3 rings (SSSR count). The molecule has 0 fully saturated rings. The van der Waals surface area contributed by atoms with Crippen LogP contribution in [0.4, 0.5) is 13.2 Å². The highest BCUT2D eigenvalue weighted by molar-refractivity contribution is 9.10. The summed E-state index contributed by atoms with van der Waals surface area (Å²) in [6.07, 6.45) is -3.39. The van der Waals surface area contributed by atoms with E-state index in [1.165, 1.54) is 30.1 Å². The van der Waals surface area contributed by atoms with Crippen molar-refractivity contribution in [2.24, 2.45) is 5.10 Å². The maximum absolute atomic E-state index is 12.7. The van der Waals surface area contributed by atoms with Crippen molar-refractivity contribution in [3.8, 4) is 0 Å². The lowest BCUT2D eigenvalue weighted by atomic mass is 10.1. The predicted molar refractivity (Wildman–Crippen MR) is 113 cm³/mol. The summed E-state index contributed by atoms with van der Waals surface area (Å²) in [6, 6.07) is 13.5. The summed E-state index contributed by atoms with van der Waals surface area (Å²) < 4.78 is 44.6. The van der Waals surface area contributed by atoms with E-state index >= 15 is 0 Å². The van der Waals surface area contributed by atoms with E-state index < -0.39 is 17.6 Å². The van der Waals surface area contributed by atoms with E-state index in [2.05, 4.69) is 26.5 Å². The van der Waals surface area contributed by atoms with Gasteiger partial charge in [-0.2, -0.15) is 18.3 Å². The molecule has 0 saturated carbocycles. The van der Waals surface area contributed by atoms with E-state index in [9.17, 15) is 18.0 Å². The lowest BCUT2D eigenvalue weighted by molar-refractivity contribution is -0.137. The molecule has 3 aromatic rings. The van der Waals surface area contributed by atoms with Crippen LogP contribution in [0.5, 0.6) is 0 Å². The quantitative estimate of drug-likeness (QED) is 0.298. The van der Waals surface area contributed by atoms with Crippen molar-refractivity contribution in [1.29, 1.82) is 0 Å². The molecule has 10 heteroatoms. The summed E-state index contributed by atoms with van der Waals surface area (Å²) in [4.78, 5) is 12.9. The predicted octanol–water partition coefficient (Wildman–Crippen LogP) is 6.56. The molecule has 0 radical (unpaired) electrons. The van der Waals surface area contributed by atoms with E-state index in [1.807, 2.05) is 12.1 Å². The summed E-state index contributed by atoms with van der Waals surface area (Å²) in [6.45, 7) is 0. The Morgan fingerprint density at radius 3 is 2.63 bits per heavy atom. The summed E-state index contributed by atoms with van der Waals surface area (Å²) in [5.41, 5.74) is 1.71. The van der Waals surface area contributed by atoms with Gasteiger partial charge in [-0.1, -0.05) is 41.6 Å². The molecule has 0 aliphatic heterocycles. The zero-order valence-corrected chi connectivity index (χ0v) is 18.2. The highest BCUT2D eigenvalue weighted by Crippen LogP contribution is 2.36. The first-order chi connectivity index (χ1) is 14.2. The normalized spacial score (nSPS) is 11.8. The number of hydrogen-bond donors (Lipinski definition) is 1. The molecule has 1 aromatic heterocycles. The molecule has 0 saturated heterocycles. The first-order valence-electron chi connectivity index (χ1n) is 8.41. The van der Waals surface area contributed by atoms with Crippen molar-refractivity contribution < 1.29 is 22.4 Å². The third kappa shape index (κ3) is 6.38. The van der Waals surface area contributed by atoms with Crippen LogP contribution in [0.2, 0.25) is 5.02 Å². The van der Waals surface area contributed by atoms with Crippen LogP contribution >= 0.6 is 39.3 Å². The van der Waals surface area contributed by atoms with Gasteiger partial charge in [-0.3, -0.25) is 4.79 Å². The molecule has 0 bridgehead atoms. The van der Waals surface area contributed by atoms with Gasteiger partial charge < -0.3 is 4.42 Å². The van der Waals surface area contributed by atoms with Crippen molar-refractivity contribution in [3.63, 3.8) is 0 Å². The Balaban J connectivity index is 1.57. The van der Waals surface area contributed by atoms with Crippen LogP contribution in [-0.4, -0.2) is 12.1 Å². The maximum Gasteiger partial charge on any atom is 0.416 e. The highest BCUT2D eigenvalue weighted by Gasteiger charge is 2.30. The lowest BCUT2D eigenvalue weighted by Gasteiger charge is -2.08. The topological polar surface area (TPSA) is 54.6 Å². The molecule has 0 spiro atoms. The Bertz CT molecular complexity index is 1070. The highest BCUT2D eigenvalue weighted by atomic mass is 79.9. The zero-order chi connectivity index (χ0) is 21.7. The second-order valence-electron chi connectivity index (χ2n) is 6.01. The number of amides is 1. The number of nitrogens with zero attached hydrogens (tertiary/aromatic N) is 1. The van der Waals surface area contributed by atoms with Gasteiger partial charge in [0.15, 0.2) is 5.09 Å². The van der Waals surface area contributed by atoms with Crippen molar-refractivity contribution in [1.82, 2.24) is 5.43 Å². The van der Waals surface area contributed by atoms with Crippen LogP contribution in [-0.2, 0) is 17.4 Å². The number of hydrazone groups is 1. The minimum Gasteiger partial charge on any atom is -0.447 e. The molecule has 0 aliphatic rings. The van der Waals surface area contributed by atoms with Gasteiger partial charge >= 0.3 is 6.18 Å². The van der Waals surface area contributed by atoms with Gasteiger partial charge in [-0.25, -0.2) is 5.43 Å². The smallest absolute Gasteiger partial charge is 0.416 e. The molecule has 4 nitrogen and oxygen atoms in total. The van der Waals surface area contributed by atoms with Crippen LogP contribution in [0.25, 0.3) is 0 Å². The van der Waals surface area contributed by atoms with Crippen LogP contribution in [0.1, 0.15) is 16.9 Å². The first kappa shape index (κ1) is 22.5. The van der Waals surface area contributed by atoms with Crippen LogP contribution in [0.3, 0.4) is 0 Å². The van der Waals surface area contributed by atoms with E-state index in [4.69, 9.17) is 16.0 Å². The van der Waals surface area contributed by atoms with Gasteiger partial charge in [0.25, 0.3) is 0 Å². The Morgan fingerprint density at radius 2 is 1.93 bits per heavy atom. The van der Waals surface area contributed by atoms with Crippen molar-refractivity contribution >= 4 is 51.4 Å². The molecule has 1 N–H and O–H groups in total. The monoisotopic (exact) mass is 516 g/mol. The average Bonchev–Trinajstić information content (AvgIpc) is 3.02. The SMILES string of the molecule is O=C(Cc1cccc(C(F)(F)F)c1)NN=Cc1cc(Br)c(Sc2ccc(Cl)cc2)o1. The molecule has 0 aliphatic carbocycles. The van der Waals surface area contributed by atoms with Gasteiger partial charge in [-0.05, 0) is 51.8 Å².